The molecular weight excluding hydrogens is 267 g/mol. The predicted octanol–water partition coefficient (Wildman–Crippen LogP) is 3.75. The zero-order chi connectivity index (χ0) is 14.2. The van der Waals surface area contributed by atoms with Crippen LogP contribution in [0.5, 0.6) is 5.75 Å². The number of halogens is 1. The third kappa shape index (κ3) is 2.49. The van der Waals surface area contributed by atoms with Crippen molar-refractivity contribution in [1.29, 1.82) is 0 Å². The lowest BCUT2D eigenvalue weighted by molar-refractivity contribution is 0.285. The third-order valence-corrected chi connectivity index (χ3v) is 3.70. The number of hydrogen-bond donors (Lipinski definition) is 0. The van der Waals surface area contributed by atoms with Crippen molar-refractivity contribution >= 4 is 10.9 Å². The van der Waals surface area contributed by atoms with Crippen LogP contribution in [-0.4, -0.2) is 16.4 Å². The van der Waals surface area contributed by atoms with E-state index >= 15 is 0 Å². The summed E-state index contributed by atoms with van der Waals surface area (Å²) in [5.41, 5.74) is 1.52. The van der Waals surface area contributed by atoms with E-state index in [1.807, 2.05) is 30.5 Å². The largest absolute Gasteiger partial charge is 0.490 e. The highest BCUT2D eigenvalue weighted by atomic mass is 19.1. The zero-order valence-electron chi connectivity index (χ0n) is 11.4. The van der Waals surface area contributed by atoms with Crippen LogP contribution >= 0.6 is 0 Å². The van der Waals surface area contributed by atoms with Crippen molar-refractivity contribution < 1.29 is 9.13 Å². The molecule has 4 rings (SSSR count). The molecule has 0 saturated heterocycles. The number of hydrogen-bond acceptors (Lipinski definition) is 2. The number of ether oxygens (including phenoxy) is 1. The summed E-state index contributed by atoms with van der Waals surface area (Å²) < 4.78 is 21.3. The van der Waals surface area contributed by atoms with Gasteiger partial charge in [-0.2, -0.15) is 5.10 Å². The Morgan fingerprint density at radius 1 is 1.33 bits per heavy atom. The fraction of sp³-hybridized carbons (Fsp3) is 0.235. The van der Waals surface area contributed by atoms with Crippen molar-refractivity contribution in [3.8, 4) is 11.4 Å². The molecule has 1 saturated carbocycles. The number of nitrogens with zero attached hydrogens (tertiary/aromatic N) is 2. The van der Waals surface area contributed by atoms with Crippen LogP contribution in [0.25, 0.3) is 16.6 Å². The summed E-state index contributed by atoms with van der Waals surface area (Å²) in [5, 5.41) is 5.42. The molecule has 0 unspecified atom stereocenters. The van der Waals surface area contributed by atoms with Crippen molar-refractivity contribution in [2.45, 2.75) is 12.8 Å². The molecule has 3 aromatic rings. The normalized spacial score (nSPS) is 14.5. The molecule has 0 spiro atoms. The molecule has 0 N–H and O–H groups in total. The van der Waals surface area contributed by atoms with Gasteiger partial charge in [-0.1, -0.05) is 12.1 Å². The molecule has 1 radical (unpaired) electrons. The third-order valence-electron chi connectivity index (χ3n) is 3.70. The summed E-state index contributed by atoms with van der Waals surface area (Å²) in [6, 6.07) is 13.5. The molecule has 3 nitrogen and oxygen atoms in total. The standard InChI is InChI=1S/C17H14FN2O/c18-15-9-14(7-8-17(15)21-11-12-5-6-12)20-10-13-3-1-2-4-16(13)19-20/h1,3-4,7-10,12H,5-6,11H2. The number of benzene rings is 2. The minimum Gasteiger partial charge on any atom is -0.490 e. The summed E-state index contributed by atoms with van der Waals surface area (Å²) in [4.78, 5) is 0. The molecular formula is C17H14FN2O. The second-order valence-corrected chi connectivity index (χ2v) is 5.43. The Hall–Kier alpha value is -2.36. The first-order chi connectivity index (χ1) is 10.3. The van der Waals surface area contributed by atoms with Gasteiger partial charge < -0.3 is 4.74 Å². The summed E-state index contributed by atoms with van der Waals surface area (Å²) in [5.74, 6) is 0.576. The quantitative estimate of drug-likeness (QED) is 0.728. The van der Waals surface area contributed by atoms with E-state index in [0.717, 1.165) is 10.9 Å². The molecule has 0 bridgehead atoms. The molecule has 1 heterocycles. The highest BCUT2D eigenvalue weighted by Gasteiger charge is 2.22. The Morgan fingerprint density at radius 3 is 3.00 bits per heavy atom. The molecule has 105 valence electrons. The van der Waals surface area contributed by atoms with E-state index in [9.17, 15) is 4.39 Å². The second-order valence-electron chi connectivity index (χ2n) is 5.43. The van der Waals surface area contributed by atoms with E-state index < -0.39 is 0 Å². The highest BCUT2D eigenvalue weighted by Crippen LogP contribution is 2.30. The van der Waals surface area contributed by atoms with Crippen molar-refractivity contribution in [3.05, 3.63) is 54.5 Å². The average Bonchev–Trinajstić information content (AvgIpc) is 3.22. The van der Waals surface area contributed by atoms with Crippen LogP contribution in [0, 0.1) is 17.8 Å². The van der Waals surface area contributed by atoms with Crippen molar-refractivity contribution in [1.82, 2.24) is 9.78 Å². The van der Waals surface area contributed by atoms with Crippen LogP contribution in [-0.2, 0) is 0 Å². The summed E-state index contributed by atoms with van der Waals surface area (Å²) in [6.45, 7) is 0.609. The van der Waals surface area contributed by atoms with Crippen LogP contribution < -0.4 is 4.74 Å². The highest BCUT2D eigenvalue weighted by molar-refractivity contribution is 5.78. The van der Waals surface area contributed by atoms with Crippen LogP contribution in [0.1, 0.15) is 12.8 Å². The van der Waals surface area contributed by atoms with Crippen molar-refractivity contribution in [2.24, 2.45) is 5.92 Å². The Morgan fingerprint density at radius 2 is 2.24 bits per heavy atom. The van der Waals surface area contributed by atoms with Crippen molar-refractivity contribution in [3.63, 3.8) is 0 Å². The van der Waals surface area contributed by atoms with Crippen LogP contribution in [0.2, 0.25) is 0 Å². The first kappa shape index (κ1) is 12.4. The average molecular weight is 281 g/mol. The van der Waals surface area contributed by atoms with Crippen LogP contribution in [0.4, 0.5) is 4.39 Å². The lowest BCUT2D eigenvalue weighted by Gasteiger charge is -2.08. The van der Waals surface area contributed by atoms with E-state index in [4.69, 9.17) is 4.74 Å². The Balaban J connectivity index is 1.63. The first-order valence-corrected chi connectivity index (χ1v) is 7.08. The Kier molecular flexibility index (Phi) is 2.88. The monoisotopic (exact) mass is 281 g/mol. The molecule has 2 aromatic carbocycles. The minimum atomic E-state index is -0.348. The Bertz CT molecular complexity index is 759. The van der Waals surface area contributed by atoms with E-state index in [2.05, 4.69) is 11.2 Å². The zero-order valence-corrected chi connectivity index (χ0v) is 11.4. The second kappa shape index (κ2) is 4.88. The minimum absolute atomic E-state index is 0.315. The molecule has 1 fully saturated rings. The van der Waals surface area contributed by atoms with E-state index in [1.54, 1.807) is 10.7 Å². The van der Waals surface area contributed by atoms with Gasteiger partial charge in [0.15, 0.2) is 11.6 Å². The van der Waals surface area contributed by atoms with Gasteiger partial charge >= 0.3 is 0 Å². The van der Waals surface area contributed by atoms with Gasteiger partial charge in [-0.15, -0.1) is 0 Å². The van der Waals surface area contributed by atoms with E-state index in [0.29, 0.717) is 24.0 Å². The molecule has 1 aromatic heterocycles. The molecule has 0 aliphatic heterocycles. The lowest BCUT2D eigenvalue weighted by Crippen LogP contribution is -2.02. The van der Waals surface area contributed by atoms with Crippen molar-refractivity contribution in [2.75, 3.05) is 6.61 Å². The Labute approximate surface area is 122 Å². The maximum Gasteiger partial charge on any atom is 0.167 e. The van der Waals surface area contributed by atoms with Gasteiger partial charge in [-0.05, 0) is 43.0 Å². The van der Waals surface area contributed by atoms with Gasteiger partial charge in [0.1, 0.15) is 0 Å². The van der Waals surface area contributed by atoms with E-state index in [1.165, 1.54) is 18.9 Å². The topological polar surface area (TPSA) is 27.1 Å². The van der Waals surface area contributed by atoms with E-state index in [-0.39, 0.29) is 5.82 Å². The maximum atomic E-state index is 14.1. The maximum absolute atomic E-state index is 14.1. The summed E-state index contributed by atoms with van der Waals surface area (Å²) in [7, 11) is 0. The van der Waals surface area contributed by atoms with Gasteiger partial charge in [0.2, 0.25) is 0 Å². The SMILES string of the molecule is Fc1cc(-n2cc3cc[c]cc3n2)ccc1OCC1CC1. The van der Waals surface area contributed by atoms with Crippen LogP contribution in [0.15, 0.2) is 42.6 Å². The molecule has 0 amide bonds. The lowest BCUT2D eigenvalue weighted by atomic mass is 10.2. The molecule has 1 aliphatic carbocycles. The van der Waals surface area contributed by atoms with Crippen LogP contribution in [0.3, 0.4) is 0 Å². The fourth-order valence-corrected chi connectivity index (χ4v) is 2.28. The van der Waals surface area contributed by atoms with Gasteiger partial charge in [0, 0.05) is 17.6 Å². The van der Waals surface area contributed by atoms with Gasteiger partial charge in [0.05, 0.1) is 17.8 Å². The predicted molar refractivity (Wildman–Crippen MR) is 78.1 cm³/mol. The molecule has 1 aliphatic rings. The number of aromatic nitrogens is 2. The smallest absolute Gasteiger partial charge is 0.167 e. The molecule has 21 heavy (non-hydrogen) atoms. The summed E-state index contributed by atoms with van der Waals surface area (Å²) in [6.07, 6.45) is 4.26. The number of fused-ring (bicyclic) bond motifs is 1. The van der Waals surface area contributed by atoms with Gasteiger partial charge in [-0.25, -0.2) is 9.07 Å². The molecule has 0 atom stereocenters. The van der Waals surface area contributed by atoms with Gasteiger partial charge in [-0.3, -0.25) is 0 Å². The summed E-state index contributed by atoms with van der Waals surface area (Å²) >= 11 is 0. The fourth-order valence-electron chi connectivity index (χ4n) is 2.28. The number of rotatable bonds is 4. The molecule has 4 heteroatoms. The first-order valence-electron chi connectivity index (χ1n) is 7.08. The van der Waals surface area contributed by atoms with Gasteiger partial charge in [0.25, 0.3) is 0 Å².